The smallest absolute Gasteiger partial charge is 0.140 e. The van der Waals surface area contributed by atoms with Crippen LogP contribution in [0.4, 0.5) is 0 Å². The number of para-hydroxylation sites is 1. The van der Waals surface area contributed by atoms with Gasteiger partial charge < -0.3 is 10.5 Å². The second-order valence-electron chi connectivity index (χ2n) is 6.03. The van der Waals surface area contributed by atoms with Gasteiger partial charge in [-0.05, 0) is 39.8 Å². The first kappa shape index (κ1) is 12.6. The maximum absolute atomic E-state index is 6.18. The molecule has 3 rings (SSSR count). The zero-order chi connectivity index (χ0) is 13.8. The summed E-state index contributed by atoms with van der Waals surface area (Å²) in [5.74, 6) is 0.895. The van der Waals surface area contributed by atoms with Crippen LogP contribution < -0.4 is 10.5 Å². The third-order valence-corrected chi connectivity index (χ3v) is 4.93. The Bertz CT molecular complexity index is 638. The highest BCUT2D eigenvalue weighted by Crippen LogP contribution is 2.48. The van der Waals surface area contributed by atoms with Crippen LogP contribution in [0.3, 0.4) is 0 Å². The molecule has 0 amide bonds. The third kappa shape index (κ3) is 1.95. The molecule has 1 aliphatic rings. The van der Waals surface area contributed by atoms with Gasteiger partial charge in [0.25, 0.3) is 0 Å². The predicted molar refractivity (Wildman–Crippen MR) is 78.4 cm³/mol. The van der Waals surface area contributed by atoms with Crippen molar-refractivity contribution in [2.75, 3.05) is 0 Å². The molecule has 2 N–H and O–H groups in total. The number of thiazole rings is 1. The lowest BCUT2D eigenvalue weighted by Crippen LogP contribution is -2.28. The highest BCUT2D eigenvalue weighted by molar-refractivity contribution is 7.12. The minimum atomic E-state index is -0.424. The molecule has 19 heavy (non-hydrogen) atoms. The summed E-state index contributed by atoms with van der Waals surface area (Å²) in [5.41, 5.74) is 7.48. The highest BCUT2D eigenvalue weighted by Gasteiger charge is 2.37. The topological polar surface area (TPSA) is 48.1 Å². The van der Waals surface area contributed by atoms with E-state index in [9.17, 15) is 0 Å². The van der Waals surface area contributed by atoms with Gasteiger partial charge in [-0.2, -0.15) is 0 Å². The van der Waals surface area contributed by atoms with Crippen molar-refractivity contribution in [1.29, 1.82) is 0 Å². The van der Waals surface area contributed by atoms with E-state index in [0.29, 0.717) is 0 Å². The zero-order valence-corrected chi connectivity index (χ0v) is 12.5. The van der Waals surface area contributed by atoms with E-state index in [-0.39, 0.29) is 5.60 Å². The van der Waals surface area contributed by atoms with E-state index >= 15 is 0 Å². The van der Waals surface area contributed by atoms with Crippen LogP contribution in [-0.2, 0) is 11.1 Å². The van der Waals surface area contributed by atoms with E-state index in [2.05, 4.69) is 19.9 Å². The molecule has 0 atom stereocenters. The van der Waals surface area contributed by atoms with Gasteiger partial charge in [-0.25, -0.2) is 4.98 Å². The van der Waals surface area contributed by atoms with Crippen molar-refractivity contribution in [1.82, 2.24) is 4.98 Å². The SMILES string of the molecule is CC(C)(N)c1nc2c(s1)C(C)(C)Oc1ccccc1-2. The normalized spacial score (nSPS) is 16.5. The molecule has 0 saturated heterocycles. The third-order valence-electron chi connectivity index (χ3n) is 3.23. The van der Waals surface area contributed by atoms with Crippen LogP contribution in [-0.4, -0.2) is 4.98 Å². The molecule has 1 aromatic carbocycles. The predicted octanol–water partition coefficient (Wildman–Crippen LogP) is 3.63. The van der Waals surface area contributed by atoms with E-state index in [1.807, 2.05) is 32.0 Å². The molecule has 0 aliphatic carbocycles. The molecular formula is C15H18N2OS. The first-order chi connectivity index (χ1) is 8.79. The van der Waals surface area contributed by atoms with E-state index in [1.54, 1.807) is 11.3 Å². The monoisotopic (exact) mass is 274 g/mol. The van der Waals surface area contributed by atoms with Gasteiger partial charge in [-0.3, -0.25) is 0 Å². The Hall–Kier alpha value is -1.39. The Morgan fingerprint density at radius 3 is 2.63 bits per heavy atom. The van der Waals surface area contributed by atoms with Crippen LogP contribution in [0.15, 0.2) is 24.3 Å². The molecule has 0 saturated carbocycles. The van der Waals surface area contributed by atoms with Gasteiger partial charge in [0.2, 0.25) is 0 Å². The Kier molecular flexibility index (Phi) is 2.53. The van der Waals surface area contributed by atoms with Gasteiger partial charge in [-0.15, -0.1) is 11.3 Å². The van der Waals surface area contributed by atoms with E-state index < -0.39 is 5.54 Å². The lowest BCUT2D eigenvalue weighted by atomic mass is 9.97. The van der Waals surface area contributed by atoms with Gasteiger partial charge in [0.05, 0.1) is 16.1 Å². The maximum atomic E-state index is 6.18. The van der Waals surface area contributed by atoms with E-state index in [4.69, 9.17) is 15.5 Å². The number of nitrogens with zero attached hydrogens (tertiary/aromatic N) is 1. The van der Waals surface area contributed by atoms with E-state index in [1.165, 1.54) is 0 Å². The molecule has 1 aromatic heterocycles. The van der Waals surface area contributed by atoms with Crippen molar-refractivity contribution >= 4 is 11.3 Å². The first-order valence-electron chi connectivity index (χ1n) is 6.38. The number of rotatable bonds is 1. The fourth-order valence-electron chi connectivity index (χ4n) is 2.26. The number of aromatic nitrogens is 1. The average molecular weight is 274 g/mol. The van der Waals surface area contributed by atoms with Gasteiger partial charge in [0.15, 0.2) is 0 Å². The lowest BCUT2D eigenvalue weighted by Gasteiger charge is -2.31. The molecule has 0 bridgehead atoms. The number of benzene rings is 1. The number of hydrogen-bond donors (Lipinski definition) is 1. The molecule has 2 aromatic rings. The molecule has 0 radical (unpaired) electrons. The summed E-state index contributed by atoms with van der Waals surface area (Å²) in [6.45, 7) is 8.12. The van der Waals surface area contributed by atoms with Crippen LogP contribution in [0.1, 0.15) is 37.6 Å². The summed E-state index contributed by atoms with van der Waals surface area (Å²) in [5, 5.41) is 0.950. The fourth-order valence-corrected chi connectivity index (χ4v) is 3.39. The summed E-state index contributed by atoms with van der Waals surface area (Å²) < 4.78 is 6.10. The number of ether oxygens (including phenoxy) is 1. The molecule has 0 unspecified atom stereocenters. The van der Waals surface area contributed by atoms with Gasteiger partial charge in [0.1, 0.15) is 16.4 Å². The Morgan fingerprint density at radius 2 is 1.95 bits per heavy atom. The minimum Gasteiger partial charge on any atom is -0.482 e. The quantitative estimate of drug-likeness (QED) is 0.863. The second-order valence-corrected chi connectivity index (χ2v) is 7.03. The van der Waals surface area contributed by atoms with Gasteiger partial charge >= 0.3 is 0 Å². The Balaban J connectivity index is 2.26. The molecule has 4 heteroatoms. The fraction of sp³-hybridized carbons (Fsp3) is 0.400. The summed E-state index contributed by atoms with van der Waals surface area (Å²) >= 11 is 1.65. The first-order valence-corrected chi connectivity index (χ1v) is 7.20. The molecular weight excluding hydrogens is 256 g/mol. The number of hydrogen-bond acceptors (Lipinski definition) is 4. The lowest BCUT2D eigenvalue weighted by molar-refractivity contribution is 0.109. The van der Waals surface area contributed by atoms with Crippen molar-refractivity contribution in [2.45, 2.75) is 38.8 Å². The Labute approximate surface area is 117 Å². The number of fused-ring (bicyclic) bond motifs is 3. The maximum Gasteiger partial charge on any atom is 0.140 e. The average Bonchev–Trinajstić information content (AvgIpc) is 2.74. The summed E-state index contributed by atoms with van der Waals surface area (Å²) in [6.07, 6.45) is 0. The highest BCUT2D eigenvalue weighted by atomic mass is 32.1. The van der Waals surface area contributed by atoms with Crippen molar-refractivity contribution in [2.24, 2.45) is 5.73 Å². The Morgan fingerprint density at radius 1 is 1.26 bits per heavy atom. The molecule has 100 valence electrons. The standard InChI is InChI=1S/C15H18N2OS/c1-14(2,16)13-17-11-9-7-5-6-8-10(9)18-15(3,4)12(11)19-13/h5-8H,16H2,1-4H3. The summed E-state index contributed by atoms with van der Waals surface area (Å²) in [6, 6.07) is 8.04. The van der Waals surface area contributed by atoms with Crippen LogP contribution >= 0.6 is 11.3 Å². The zero-order valence-electron chi connectivity index (χ0n) is 11.7. The number of nitrogens with two attached hydrogens (primary N) is 1. The van der Waals surface area contributed by atoms with Crippen molar-refractivity contribution in [3.63, 3.8) is 0 Å². The second kappa shape index (κ2) is 3.81. The molecule has 1 aliphatic heterocycles. The summed E-state index contributed by atoms with van der Waals surface area (Å²) in [7, 11) is 0. The molecule has 0 spiro atoms. The largest absolute Gasteiger partial charge is 0.482 e. The van der Waals surface area contributed by atoms with E-state index in [0.717, 1.165) is 26.9 Å². The van der Waals surface area contributed by atoms with Crippen molar-refractivity contribution in [3.8, 4) is 17.0 Å². The van der Waals surface area contributed by atoms with Crippen LogP contribution in [0.25, 0.3) is 11.3 Å². The van der Waals surface area contributed by atoms with Gasteiger partial charge in [0, 0.05) is 5.56 Å². The molecule has 0 fully saturated rings. The van der Waals surface area contributed by atoms with Crippen LogP contribution in [0.2, 0.25) is 0 Å². The summed E-state index contributed by atoms with van der Waals surface area (Å²) in [4.78, 5) is 5.93. The van der Waals surface area contributed by atoms with Crippen molar-refractivity contribution < 1.29 is 4.74 Å². The van der Waals surface area contributed by atoms with Crippen molar-refractivity contribution in [3.05, 3.63) is 34.2 Å². The van der Waals surface area contributed by atoms with Crippen LogP contribution in [0.5, 0.6) is 5.75 Å². The van der Waals surface area contributed by atoms with Gasteiger partial charge in [-0.1, -0.05) is 12.1 Å². The van der Waals surface area contributed by atoms with Crippen LogP contribution in [0, 0.1) is 0 Å². The minimum absolute atomic E-state index is 0.356. The molecule has 3 nitrogen and oxygen atoms in total. The molecule has 2 heterocycles.